The molecule has 28 heavy (non-hydrogen) atoms. The van der Waals surface area contributed by atoms with Crippen molar-refractivity contribution >= 4 is 5.78 Å². The minimum absolute atomic E-state index is 0.0439. The number of aromatic hydroxyl groups is 2. The van der Waals surface area contributed by atoms with Gasteiger partial charge in [-0.05, 0) is 42.2 Å². The number of hydrogen-bond acceptors (Lipinski definition) is 4. The molecule has 0 aliphatic heterocycles. The molecule has 0 amide bonds. The van der Waals surface area contributed by atoms with Crippen LogP contribution in [0.3, 0.4) is 0 Å². The Hall–Kier alpha value is -3.08. The smallest absolute Gasteiger partial charge is 0.171 e. The van der Waals surface area contributed by atoms with Gasteiger partial charge in [-0.15, -0.1) is 0 Å². The Kier molecular flexibility index (Phi) is 6.48. The Bertz CT molecular complexity index is 932. The fourth-order valence-corrected chi connectivity index (χ4v) is 3.24. The van der Waals surface area contributed by atoms with Crippen molar-refractivity contribution in [3.63, 3.8) is 0 Å². The molecule has 1 heterocycles. The second-order valence-corrected chi connectivity index (χ2v) is 7.04. The topological polar surface area (TPSA) is 75.4 Å². The van der Waals surface area contributed by atoms with E-state index < -0.39 is 0 Å². The molecular weight excluding hydrogens is 352 g/mol. The monoisotopic (exact) mass is 378 g/mol. The van der Waals surface area contributed by atoms with E-state index in [0.29, 0.717) is 12.0 Å². The van der Waals surface area contributed by atoms with E-state index in [1.54, 1.807) is 16.9 Å². The van der Waals surface area contributed by atoms with Crippen molar-refractivity contribution in [2.75, 3.05) is 0 Å². The molecular formula is C23H26N2O3. The van der Waals surface area contributed by atoms with Gasteiger partial charge in [0.25, 0.3) is 0 Å². The lowest BCUT2D eigenvalue weighted by Gasteiger charge is -2.09. The van der Waals surface area contributed by atoms with Crippen LogP contribution in [0.25, 0.3) is 5.69 Å². The van der Waals surface area contributed by atoms with E-state index in [9.17, 15) is 15.0 Å². The van der Waals surface area contributed by atoms with Crippen molar-refractivity contribution in [2.24, 2.45) is 0 Å². The first-order valence-corrected chi connectivity index (χ1v) is 9.75. The van der Waals surface area contributed by atoms with Gasteiger partial charge >= 0.3 is 0 Å². The Balaban J connectivity index is 1.72. The van der Waals surface area contributed by atoms with Crippen LogP contribution in [0.2, 0.25) is 0 Å². The van der Waals surface area contributed by atoms with E-state index in [4.69, 9.17) is 0 Å². The van der Waals surface area contributed by atoms with Gasteiger partial charge in [0.1, 0.15) is 11.5 Å². The molecule has 146 valence electrons. The number of phenols is 2. The number of phenolic OH excluding ortho intramolecular Hbond substituents is 2. The highest BCUT2D eigenvalue weighted by molar-refractivity contribution is 6.00. The first-order chi connectivity index (χ1) is 13.6. The lowest BCUT2D eigenvalue weighted by atomic mass is 9.98. The lowest BCUT2D eigenvalue weighted by molar-refractivity contribution is 0.0990. The van der Waals surface area contributed by atoms with E-state index in [2.05, 4.69) is 12.0 Å². The number of hydrogen-bond donors (Lipinski definition) is 2. The van der Waals surface area contributed by atoms with E-state index >= 15 is 0 Å². The number of rotatable bonds is 9. The molecule has 0 spiro atoms. The summed E-state index contributed by atoms with van der Waals surface area (Å²) in [5, 5.41) is 24.6. The number of benzene rings is 2. The van der Waals surface area contributed by atoms with E-state index in [1.807, 2.05) is 36.5 Å². The number of Topliss-reactive ketones (excluding diaryl/α,β-unsaturated/α-hetero) is 1. The molecule has 2 N–H and O–H groups in total. The number of para-hydroxylation sites is 1. The predicted octanol–water partition coefficient (Wildman–Crippen LogP) is 4.83. The number of unbranched alkanes of at least 4 members (excludes halogenated alkanes) is 3. The second kappa shape index (κ2) is 9.22. The average Bonchev–Trinajstić information content (AvgIpc) is 3.15. The van der Waals surface area contributed by atoms with E-state index in [-0.39, 0.29) is 29.3 Å². The molecule has 5 nitrogen and oxygen atoms in total. The molecule has 3 rings (SSSR count). The first kappa shape index (κ1) is 19.7. The maximum Gasteiger partial charge on any atom is 0.171 e. The zero-order valence-corrected chi connectivity index (χ0v) is 16.1. The summed E-state index contributed by atoms with van der Waals surface area (Å²) in [6.45, 7) is 2.15. The summed E-state index contributed by atoms with van der Waals surface area (Å²) in [7, 11) is 0. The molecule has 0 atom stereocenters. The molecule has 0 aliphatic rings. The van der Waals surface area contributed by atoms with Crippen LogP contribution in [-0.2, 0) is 12.8 Å². The quantitative estimate of drug-likeness (QED) is 0.413. The number of carbonyl (C=O) groups is 1. The summed E-state index contributed by atoms with van der Waals surface area (Å²) >= 11 is 0. The van der Waals surface area contributed by atoms with Gasteiger partial charge in [0.2, 0.25) is 0 Å². The maximum atomic E-state index is 12.7. The third-order valence-corrected chi connectivity index (χ3v) is 4.82. The fraction of sp³-hybridized carbons (Fsp3) is 0.304. The second-order valence-electron chi connectivity index (χ2n) is 7.04. The SMILES string of the molecule is CCCCCCc1cc(C(=O)Cc2cnn(-c3ccccc3)c2)c(O)cc1O. The lowest BCUT2D eigenvalue weighted by Crippen LogP contribution is -2.05. The summed E-state index contributed by atoms with van der Waals surface area (Å²) in [5.74, 6) is -0.336. The number of aryl methyl sites for hydroxylation is 1. The first-order valence-electron chi connectivity index (χ1n) is 9.75. The Labute approximate surface area is 165 Å². The minimum atomic E-state index is -0.195. The van der Waals surface area contributed by atoms with Crippen molar-refractivity contribution in [2.45, 2.75) is 45.4 Å². The molecule has 0 unspecified atom stereocenters. The Morgan fingerprint density at radius 1 is 1.04 bits per heavy atom. The molecule has 0 radical (unpaired) electrons. The van der Waals surface area contributed by atoms with Crippen molar-refractivity contribution in [3.05, 3.63) is 71.5 Å². The number of ketones is 1. The normalized spacial score (nSPS) is 10.9. The molecule has 1 aromatic heterocycles. The largest absolute Gasteiger partial charge is 0.508 e. The molecule has 0 saturated heterocycles. The molecule has 3 aromatic rings. The maximum absolute atomic E-state index is 12.7. The van der Waals surface area contributed by atoms with Gasteiger partial charge in [-0.3, -0.25) is 4.79 Å². The van der Waals surface area contributed by atoms with E-state index in [1.165, 1.54) is 6.07 Å². The zero-order valence-electron chi connectivity index (χ0n) is 16.1. The van der Waals surface area contributed by atoms with Gasteiger partial charge in [0.05, 0.1) is 17.4 Å². The summed E-state index contributed by atoms with van der Waals surface area (Å²) in [6, 6.07) is 12.6. The van der Waals surface area contributed by atoms with Crippen LogP contribution in [-0.4, -0.2) is 25.8 Å². The Morgan fingerprint density at radius 2 is 1.82 bits per heavy atom. The van der Waals surface area contributed by atoms with Gasteiger partial charge in [-0.25, -0.2) is 4.68 Å². The highest BCUT2D eigenvalue weighted by atomic mass is 16.3. The summed E-state index contributed by atoms with van der Waals surface area (Å²) in [5.41, 5.74) is 2.64. The molecule has 0 aliphatic carbocycles. The van der Waals surface area contributed by atoms with E-state index in [0.717, 1.165) is 36.9 Å². The predicted molar refractivity (Wildman–Crippen MR) is 109 cm³/mol. The molecule has 2 aromatic carbocycles. The average molecular weight is 378 g/mol. The van der Waals surface area contributed by atoms with Gasteiger partial charge < -0.3 is 10.2 Å². The van der Waals surface area contributed by atoms with Crippen LogP contribution < -0.4 is 0 Å². The van der Waals surface area contributed by atoms with Gasteiger partial charge in [0, 0.05) is 18.7 Å². The van der Waals surface area contributed by atoms with Crippen LogP contribution in [0.1, 0.15) is 54.1 Å². The molecule has 0 fully saturated rings. The molecule has 0 bridgehead atoms. The minimum Gasteiger partial charge on any atom is -0.508 e. The van der Waals surface area contributed by atoms with Crippen molar-refractivity contribution < 1.29 is 15.0 Å². The zero-order chi connectivity index (χ0) is 19.9. The van der Waals surface area contributed by atoms with Gasteiger partial charge in [0.15, 0.2) is 5.78 Å². The number of aromatic nitrogens is 2. The van der Waals surface area contributed by atoms with Crippen LogP contribution in [0.5, 0.6) is 11.5 Å². The summed E-state index contributed by atoms with van der Waals surface area (Å²) in [4.78, 5) is 12.7. The molecule has 5 heteroatoms. The number of carbonyl (C=O) groups excluding carboxylic acids is 1. The molecule has 0 saturated carbocycles. The van der Waals surface area contributed by atoms with Gasteiger partial charge in [-0.2, -0.15) is 5.10 Å². The highest BCUT2D eigenvalue weighted by Crippen LogP contribution is 2.29. The van der Waals surface area contributed by atoms with Crippen LogP contribution >= 0.6 is 0 Å². The Morgan fingerprint density at radius 3 is 2.57 bits per heavy atom. The third kappa shape index (κ3) is 4.80. The van der Waals surface area contributed by atoms with Crippen LogP contribution in [0.15, 0.2) is 54.9 Å². The van der Waals surface area contributed by atoms with Crippen molar-refractivity contribution in [1.29, 1.82) is 0 Å². The van der Waals surface area contributed by atoms with Crippen LogP contribution in [0, 0.1) is 0 Å². The number of nitrogens with zero attached hydrogens (tertiary/aromatic N) is 2. The van der Waals surface area contributed by atoms with Crippen molar-refractivity contribution in [1.82, 2.24) is 9.78 Å². The standard InChI is InChI=1S/C23H26N2O3/c1-2-3-4-6-9-18-13-20(23(28)14-21(18)26)22(27)12-17-15-24-25(16-17)19-10-7-5-8-11-19/h5,7-8,10-11,13-16,26,28H,2-4,6,9,12H2,1H3. The fourth-order valence-electron chi connectivity index (χ4n) is 3.24. The summed E-state index contributed by atoms with van der Waals surface area (Å²) < 4.78 is 1.72. The van der Waals surface area contributed by atoms with Crippen molar-refractivity contribution in [3.8, 4) is 17.2 Å². The summed E-state index contributed by atoms with van der Waals surface area (Å²) in [6.07, 6.45) is 8.63. The van der Waals surface area contributed by atoms with Crippen LogP contribution in [0.4, 0.5) is 0 Å². The third-order valence-electron chi connectivity index (χ3n) is 4.82. The highest BCUT2D eigenvalue weighted by Gasteiger charge is 2.16. The van der Waals surface area contributed by atoms with Gasteiger partial charge in [-0.1, -0.05) is 44.4 Å².